The SMILES string of the molecule is CC(C)(C)c1c(F)cncc1Cl. The molecule has 12 heavy (non-hydrogen) atoms. The van der Waals surface area contributed by atoms with Gasteiger partial charge in [0.15, 0.2) is 0 Å². The Kier molecular flexibility index (Phi) is 2.38. The van der Waals surface area contributed by atoms with Gasteiger partial charge >= 0.3 is 0 Å². The van der Waals surface area contributed by atoms with Crippen LogP contribution < -0.4 is 0 Å². The van der Waals surface area contributed by atoms with Gasteiger partial charge in [0.25, 0.3) is 0 Å². The molecule has 3 heteroatoms. The highest BCUT2D eigenvalue weighted by atomic mass is 35.5. The molecule has 1 aromatic heterocycles. The van der Waals surface area contributed by atoms with E-state index >= 15 is 0 Å². The van der Waals surface area contributed by atoms with Crippen molar-refractivity contribution in [2.45, 2.75) is 26.2 Å². The Morgan fingerprint density at radius 2 is 1.92 bits per heavy atom. The van der Waals surface area contributed by atoms with Gasteiger partial charge in [-0.05, 0) is 5.41 Å². The summed E-state index contributed by atoms with van der Waals surface area (Å²) in [4.78, 5) is 3.65. The molecule has 0 N–H and O–H groups in total. The Bertz CT molecular complexity index is 271. The lowest BCUT2D eigenvalue weighted by Crippen LogP contribution is -2.14. The molecule has 0 bridgehead atoms. The minimum atomic E-state index is -0.338. The van der Waals surface area contributed by atoms with E-state index in [1.807, 2.05) is 20.8 Å². The van der Waals surface area contributed by atoms with Gasteiger partial charge in [-0.15, -0.1) is 0 Å². The molecule has 0 aliphatic rings. The van der Waals surface area contributed by atoms with E-state index in [0.717, 1.165) is 0 Å². The Morgan fingerprint density at radius 1 is 1.33 bits per heavy atom. The third-order valence-electron chi connectivity index (χ3n) is 1.60. The predicted octanol–water partition coefficient (Wildman–Crippen LogP) is 3.17. The molecule has 0 aromatic carbocycles. The maximum Gasteiger partial charge on any atom is 0.146 e. The standard InChI is InChI=1S/C9H11ClFN/c1-9(2,3)8-6(10)4-12-5-7(8)11/h4-5H,1-3H3. The zero-order valence-electron chi connectivity index (χ0n) is 7.36. The van der Waals surface area contributed by atoms with E-state index < -0.39 is 0 Å². The number of nitrogens with zero attached hydrogens (tertiary/aromatic N) is 1. The molecule has 1 nitrogen and oxygen atoms in total. The first-order valence-electron chi connectivity index (χ1n) is 3.72. The van der Waals surface area contributed by atoms with Gasteiger partial charge in [-0.25, -0.2) is 4.39 Å². The molecule has 0 spiro atoms. The number of aromatic nitrogens is 1. The average molecular weight is 188 g/mol. The van der Waals surface area contributed by atoms with Crippen molar-refractivity contribution >= 4 is 11.6 Å². The highest BCUT2D eigenvalue weighted by molar-refractivity contribution is 6.31. The smallest absolute Gasteiger partial charge is 0.146 e. The lowest BCUT2D eigenvalue weighted by atomic mass is 9.87. The molecule has 1 aromatic rings. The predicted molar refractivity (Wildman–Crippen MR) is 47.9 cm³/mol. The largest absolute Gasteiger partial charge is 0.260 e. The maximum atomic E-state index is 13.2. The lowest BCUT2D eigenvalue weighted by Gasteiger charge is -2.20. The number of halogens is 2. The highest BCUT2D eigenvalue weighted by Crippen LogP contribution is 2.30. The molecule has 0 amide bonds. The molecule has 1 heterocycles. The van der Waals surface area contributed by atoms with Crippen LogP contribution in [-0.4, -0.2) is 4.98 Å². The normalized spacial score (nSPS) is 11.8. The first kappa shape index (κ1) is 9.46. The van der Waals surface area contributed by atoms with Gasteiger partial charge in [-0.1, -0.05) is 32.4 Å². The van der Waals surface area contributed by atoms with Crippen molar-refractivity contribution in [1.82, 2.24) is 4.98 Å². The van der Waals surface area contributed by atoms with E-state index in [1.165, 1.54) is 12.4 Å². The number of pyridine rings is 1. The molecule has 0 fully saturated rings. The first-order chi connectivity index (χ1) is 5.43. The van der Waals surface area contributed by atoms with Crippen LogP contribution in [0.2, 0.25) is 5.02 Å². The second kappa shape index (κ2) is 3.02. The summed E-state index contributed by atoms with van der Waals surface area (Å²) in [7, 11) is 0. The van der Waals surface area contributed by atoms with Crippen LogP contribution in [0.5, 0.6) is 0 Å². The van der Waals surface area contributed by atoms with Crippen molar-refractivity contribution in [2.75, 3.05) is 0 Å². The fourth-order valence-corrected chi connectivity index (χ4v) is 1.56. The maximum absolute atomic E-state index is 13.2. The van der Waals surface area contributed by atoms with Crippen LogP contribution in [-0.2, 0) is 5.41 Å². The van der Waals surface area contributed by atoms with Crippen LogP contribution in [0.4, 0.5) is 4.39 Å². The Morgan fingerprint density at radius 3 is 2.25 bits per heavy atom. The van der Waals surface area contributed by atoms with E-state index in [-0.39, 0.29) is 11.2 Å². The van der Waals surface area contributed by atoms with E-state index in [9.17, 15) is 4.39 Å². The molecule has 0 saturated carbocycles. The van der Waals surface area contributed by atoms with E-state index in [2.05, 4.69) is 4.98 Å². The van der Waals surface area contributed by atoms with Crippen LogP contribution in [0.3, 0.4) is 0 Å². The second-order valence-corrected chi connectivity index (χ2v) is 4.14. The molecule has 0 aliphatic heterocycles. The van der Waals surface area contributed by atoms with Crippen molar-refractivity contribution < 1.29 is 4.39 Å². The van der Waals surface area contributed by atoms with E-state index in [0.29, 0.717) is 10.6 Å². The fourth-order valence-electron chi connectivity index (χ4n) is 1.13. The molecule has 0 radical (unpaired) electrons. The molecule has 0 unspecified atom stereocenters. The van der Waals surface area contributed by atoms with Gasteiger partial charge < -0.3 is 0 Å². The van der Waals surface area contributed by atoms with Crippen LogP contribution in [0, 0.1) is 5.82 Å². The van der Waals surface area contributed by atoms with Gasteiger partial charge in [0, 0.05) is 11.8 Å². The van der Waals surface area contributed by atoms with Crippen molar-refractivity contribution in [2.24, 2.45) is 0 Å². The van der Waals surface area contributed by atoms with Crippen molar-refractivity contribution in [1.29, 1.82) is 0 Å². The summed E-state index contributed by atoms with van der Waals surface area (Å²) >= 11 is 5.81. The minimum absolute atomic E-state index is 0.274. The van der Waals surface area contributed by atoms with Crippen LogP contribution in [0.1, 0.15) is 26.3 Å². The summed E-state index contributed by atoms with van der Waals surface area (Å²) in [6.07, 6.45) is 2.65. The summed E-state index contributed by atoms with van der Waals surface area (Å²) in [5.41, 5.74) is 0.253. The third-order valence-corrected chi connectivity index (χ3v) is 1.89. The van der Waals surface area contributed by atoms with Gasteiger partial charge in [0.05, 0.1) is 11.2 Å². The molecule has 66 valence electrons. The van der Waals surface area contributed by atoms with Gasteiger partial charge in [0.2, 0.25) is 0 Å². The molecule has 0 aliphatic carbocycles. The van der Waals surface area contributed by atoms with Crippen LogP contribution in [0.15, 0.2) is 12.4 Å². The monoisotopic (exact) mass is 187 g/mol. The van der Waals surface area contributed by atoms with E-state index in [4.69, 9.17) is 11.6 Å². The van der Waals surface area contributed by atoms with Crippen molar-refractivity contribution in [3.8, 4) is 0 Å². The molecule has 1 rings (SSSR count). The number of rotatable bonds is 0. The van der Waals surface area contributed by atoms with Crippen LogP contribution in [0.25, 0.3) is 0 Å². The summed E-state index contributed by atoms with van der Waals surface area (Å²) in [5.74, 6) is -0.338. The zero-order chi connectivity index (χ0) is 9.35. The van der Waals surface area contributed by atoms with Crippen LogP contribution >= 0.6 is 11.6 Å². The molecule has 0 atom stereocenters. The minimum Gasteiger partial charge on any atom is -0.260 e. The zero-order valence-corrected chi connectivity index (χ0v) is 8.11. The Hall–Kier alpha value is -0.630. The Labute approximate surface area is 76.6 Å². The summed E-state index contributed by atoms with van der Waals surface area (Å²) < 4.78 is 13.2. The molecule has 0 saturated heterocycles. The summed E-state index contributed by atoms with van der Waals surface area (Å²) in [6, 6.07) is 0. The average Bonchev–Trinajstić information content (AvgIpc) is 1.82. The lowest BCUT2D eigenvalue weighted by molar-refractivity contribution is 0.519. The third kappa shape index (κ3) is 1.75. The number of hydrogen-bond donors (Lipinski definition) is 0. The highest BCUT2D eigenvalue weighted by Gasteiger charge is 2.21. The second-order valence-electron chi connectivity index (χ2n) is 3.73. The van der Waals surface area contributed by atoms with Crippen molar-refractivity contribution in [3.05, 3.63) is 28.8 Å². The molecular weight excluding hydrogens is 177 g/mol. The topological polar surface area (TPSA) is 12.9 Å². The van der Waals surface area contributed by atoms with Gasteiger partial charge in [-0.2, -0.15) is 0 Å². The van der Waals surface area contributed by atoms with Gasteiger partial charge in [0.1, 0.15) is 5.82 Å². The molecular formula is C9H11ClFN. The quantitative estimate of drug-likeness (QED) is 0.608. The van der Waals surface area contributed by atoms with Crippen molar-refractivity contribution in [3.63, 3.8) is 0 Å². The summed E-state index contributed by atoms with van der Waals surface area (Å²) in [6.45, 7) is 5.74. The Balaban J connectivity index is 3.31. The number of hydrogen-bond acceptors (Lipinski definition) is 1. The summed E-state index contributed by atoms with van der Waals surface area (Å²) in [5, 5.41) is 0.391. The fraction of sp³-hybridized carbons (Fsp3) is 0.444. The van der Waals surface area contributed by atoms with Gasteiger partial charge in [-0.3, -0.25) is 4.98 Å². The first-order valence-corrected chi connectivity index (χ1v) is 4.10. The van der Waals surface area contributed by atoms with E-state index in [1.54, 1.807) is 0 Å².